The first-order chi connectivity index (χ1) is 5.41. The average molecular weight is 161 g/mol. The van der Waals surface area contributed by atoms with Crippen molar-refractivity contribution in [3.63, 3.8) is 0 Å². The van der Waals surface area contributed by atoms with Gasteiger partial charge in [-0.15, -0.1) is 0 Å². The van der Waals surface area contributed by atoms with Crippen LogP contribution in [0.25, 0.3) is 0 Å². The third-order valence-electron chi connectivity index (χ3n) is 1.22. The van der Waals surface area contributed by atoms with Crippen LogP contribution in [0.15, 0.2) is 0 Å². The summed E-state index contributed by atoms with van der Waals surface area (Å²) in [7, 11) is 0. The average Bonchev–Trinajstić information content (AvgIpc) is 2.03. The van der Waals surface area contributed by atoms with Crippen LogP contribution < -0.4 is 5.32 Å². The summed E-state index contributed by atoms with van der Waals surface area (Å²) < 4.78 is 10.1. The standard InChI is InChI=1S/C8H19NO2/c1-3-5-9-6-7-11-8-10-4-2/h9H,3-8H2,1-2H3. The molecule has 0 aromatic heterocycles. The fourth-order valence-corrected chi connectivity index (χ4v) is 0.647. The molecule has 11 heavy (non-hydrogen) atoms. The van der Waals surface area contributed by atoms with Gasteiger partial charge in [-0.2, -0.15) is 0 Å². The molecule has 0 radical (unpaired) electrons. The van der Waals surface area contributed by atoms with E-state index in [9.17, 15) is 0 Å². The third kappa shape index (κ3) is 9.88. The van der Waals surface area contributed by atoms with Crippen molar-refractivity contribution >= 4 is 0 Å². The molecule has 3 nitrogen and oxygen atoms in total. The van der Waals surface area contributed by atoms with Crippen LogP contribution in [0.5, 0.6) is 0 Å². The summed E-state index contributed by atoms with van der Waals surface area (Å²) in [5.41, 5.74) is 0. The quantitative estimate of drug-likeness (QED) is 0.425. The molecule has 0 aliphatic heterocycles. The predicted octanol–water partition coefficient (Wildman–Crippen LogP) is 0.997. The highest BCUT2D eigenvalue weighted by atomic mass is 16.7. The SMILES string of the molecule is CCCNCCOCOCC. The van der Waals surface area contributed by atoms with Gasteiger partial charge in [0.1, 0.15) is 6.79 Å². The Kier molecular flexibility index (Phi) is 9.77. The Balaban J connectivity index is 2.69. The molecule has 0 rings (SSSR count). The van der Waals surface area contributed by atoms with Gasteiger partial charge in [0.2, 0.25) is 0 Å². The zero-order chi connectivity index (χ0) is 8.36. The summed E-state index contributed by atoms with van der Waals surface area (Å²) in [5, 5.41) is 3.23. The second-order valence-corrected chi connectivity index (χ2v) is 2.27. The molecular weight excluding hydrogens is 142 g/mol. The molecule has 0 saturated carbocycles. The maximum atomic E-state index is 5.14. The molecule has 0 fully saturated rings. The molecule has 0 atom stereocenters. The maximum Gasteiger partial charge on any atom is 0.146 e. The first-order valence-electron chi connectivity index (χ1n) is 4.28. The Morgan fingerprint density at radius 2 is 1.91 bits per heavy atom. The van der Waals surface area contributed by atoms with Gasteiger partial charge in [0.05, 0.1) is 6.61 Å². The minimum Gasteiger partial charge on any atom is -0.356 e. The van der Waals surface area contributed by atoms with Crippen LogP contribution in [0.1, 0.15) is 20.3 Å². The van der Waals surface area contributed by atoms with Gasteiger partial charge in [0, 0.05) is 13.2 Å². The van der Waals surface area contributed by atoms with Crippen LogP contribution in [-0.4, -0.2) is 33.1 Å². The molecule has 0 aliphatic carbocycles. The smallest absolute Gasteiger partial charge is 0.146 e. The fourth-order valence-electron chi connectivity index (χ4n) is 0.647. The van der Waals surface area contributed by atoms with Crippen LogP contribution in [0, 0.1) is 0 Å². The Morgan fingerprint density at radius 3 is 2.55 bits per heavy atom. The lowest BCUT2D eigenvalue weighted by molar-refractivity contribution is -0.0478. The molecule has 0 spiro atoms. The lowest BCUT2D eigenvalue weighted by Crippen LogP contribution is -2.20. The van der Waals surface area contributed by atoms with Crippen LogP contribution in [0.4, 0.5) is 0 Å². The zero-order valence-corrected chi connectivity index (χ0v) is 7.56. The van der Waals surface area contributed by atoms with E-state index in [1.807, 2.05) is 6.92 Å². The lowest BCUT2D eigenvalue weighted by Gasteiger charge is -2.04. The topological polar surface area (TPSA) is 30.5 Å². The van der Waals surface area contributed by atoms with E-state index in [0.29, 0.717) is 6.79 Å². The monoisotopic (exact) mass is 161 g/mol. The van der Waals surface area contributed by atoms with Crippen molar-refractivity contribution in [1.82, 2.24) is 5.32 Å². The highest BCUT2D eigenvalue weighted by Gasteiger charge is 1.86. The second-order valence-electron chi connectivity index (χ2n) is 2.27. The molecule has 3 heteroatoms. The lowest BCUT2D eigenvalue weighted by atomic mass is 10.5. The van der Waals surface area contributed by atoms with E-state index in [2.05, 4.69) is 12.2 Å². The Morgan fingerprint density at radius 1 is 1.09 bits per heavy atom. The van der Waals surface area contributed by atoms with Gasteiger partial charge in [-0.05, 0) is 19.9 Å². The van der Waals surface area contributed by atoms with Gasteiger partial charge in [0.25, 0.3) is 0 Å². The largest absolute Gasteiger partial charge is 0.356 e. The minimum absolute atomic E-state index is 0.421. The van der Waals surface area contributed by atoms with Gasteiger partial charge in [-0.25, -0.2) is 0 Å². The third-order valence-corrected chi connectivity index (χ3v) is 1.22. The molecule has 0 aliphatic rings. The molecular formula is C8H19NO2. The van der Waals surface area contributed by atoms with Crippen molar-refractivity contribution in [3.8, 4) is 0 Å². The summed E-state index contributed by atoms with van der Waals surface area (Å²) >= 11 is 0. The van der Waals surface area contributed by atoms with E-state index in [1.54, 1.807) is 0 Å². The number of hydrogen-bond acceptors (Lipinski definition) is 3. The van der Waals surface area contributed by atoms with E-state index in [-0.39, 0.29) is 0 Å². The van der Waals surface area contributed by atoms with E-state index < -0.39 is 0 Å². The highest BCUT2D eigenvalue weighted by molar-refractivity contribution is 4.41. The first-order valence-corrected chi connectivity index (χ1v) is 4.28. The molecule has 0 bridgehead atoms. The Hall–Kier alpha value is -0.120. The number of hydrogen-bond donors (Lipinski definition) is 1. The molecule has 0 heterocycles. The molecule has 0 aromatic rings. The van der Waals surface area contributed by atoms with Crippen LogP contribution in [0.2, 0.25) is 0 Å². The Bertz CT molecular complexity index is 61.1. The fraction of sp³-hybridized carbons (Fsp3) is 1.00. The van der Waals surface area contributed by atoms with E-state index in [1.165, 1.54) is 6.42 Å². The molecule has 0 aromatic carbocycles. The van der Waals surface area contributed by atoms with Gasteiger partial charge in [0.15, 0.2) is 0 Å². The van der Waals surface area contributed by atoms with Gasteiger partial charge >= 0.3 is 0 Å². The van der Waals surface area contributed by atoms with E-state index >= 15 is 0 Å². The minimum atomic E-state index is 0.421. The molecule has 1 N–H and O–H groups in total. The normalized spacial score (nSPS) is 10.4. The van der Waals surface area contributed by atoms with Gasteiger partial charge < -0.3 is 14.8 Å². The number of ether oxygens (including phenoxy) is 2. The van der Waals surface area contributed by atoms with Crippen LogP contribution in [0.3, 0.4) is 0 Å². The van der Waals surface area contributed by atoms with Crippen molar-refractivity contribution in [1.29, 1.82) is 0 Å². The van der Waals surface area contributed by atoms with Crippen molar-refractivity contribution in [2.75, 3.05) is 33.1 Å². The van der Waals surface area contributed by atoms with E-state index in [0.717, 1.165) is 26.3 Å². The van der Waals surface area contributed by atoms with Crippen molar-refractivity contribution in [2.24, 2.45) is 0 Å². The zero-order valence-electron chi connectivity index (χ0n) is 7.56. The summed E-state index contributed by atoms with van der Waals surface area (Å²) in [6.07, 6.45) is 1.17. The molecule has 68 valence electrons. The Labute approximate surface area is 69.1 Å². The summed E-state index contributed by atoms with van der Waals surface area (Å²) in [5.74, 6) is 0. The molecule has 0 amide bonds. The summed E-state index contributed by atoms with van der Waals surface area (Å²) in [4.78, 5) is 0. The molecule has 0 saturated heterocycles. The summed E-state index contributed by atoms with van der Waals surface area (Å²) in [6.45, 7) is 7.97. The van der Waals surface area contributed by atoms with Crippen molar-refractivity contribution < 1.29 is 9.47 Å². The van der Waals surface area contributed by atoms with Crippen LogP contribution in [-0.2, 0) is 9.47 Å². The predicted molar refractivity (Wildman–Crippen MR) is 45.6 cm³/mol. The second kappa shape index (κ2) is 9.88. The highest BCUT2D eigenvalue weighted by Crippen LogP contribution is 1.76. The van der Waals surface area contributed by atoms with Crippen molar-refractivity contribution in [2.45, 2.75) is 20.3 Å². The van der Waals surface area contributed by atoms with E-state index in [4.69, 9.17) is 9.47 Å². The van der Waals surface area contributed by atoms with Crippen molar-refractivity contribution in [3.05, 3.63) is 0 Å². The van der Waals surface area contributed by atoms with Gasteiger partial charge in [-0.3, -0.25) is 0 Å². The number of rotatable bonds is 8. The van der Waals surface area contributed by atoms with Crippen LogP contribution >= 0.6 is 0 Å². The first kappa shape index (κ1) is 10.9. The molecule has 0 unspecified atom stereocenters. The maximum absolute atomic E-state index is 5.14. The number of nitrogens with one attached hydrogen (secondary N) is 1. The van der Waals surface area contributed by atoms with Gasteiger partial charge in [-0.1, -0.05) is 6.92 Å². The summed E-state index contributed by atoms with van der Waals surface area (Å²) in [6, 6.07) is 0.